The highest BCUT2D eigenvalue weighted by Gasteiger charge is 2.18. The van der Waals surface area contributed by atoms with Crippen molar-refractivity contribution in [1.82, 2.24) is 19.9 Å². The van der Waals surface area contributed by atoms with Gasteiger partial charge in [-0.15, -0.1) is 21.5 Å². The zero-order valence-electron chi connectivity index (χ0n) is 13.4. The molecule has 0 aliphatic carbocycles. The van der Waals surface area contributed by atoms with Crippen LogP contribution < -0.4 is 5.73 Å². The summed E-state index contributed by atoms with van der Waals surface area (Å²) in [5, 5.41) is 15.0. The molecule has 132 valence electrons. The standard InChI is InChI=1S/C16H13N5O3S2/c17-14(22)8-21-15(13-4-2-6-25-13)18-19-16(21)26-9-10-7-12(24-20-10)11-3-1-5-23-11/h1-7H,8-9H2,(H2,17,22). The number of primary amides is 1. The summed E-state index contributed by atoms with van der Waals surface area (Å²) in [4.78, 5) is 12.4. The van der Waals surface area contributed by atoms with E-state index in [2.05, 4.69) is 15.4 Å². The third-order valence-electron chi connectivity index (χ3n) is 3.44. The maximum absolute atomic E-state index is 11.5. The van der Waals surface area contributed by atoms with Crippen LogP contribution in [0, 0.1) is 0 Å². The van der Waals surface area contributed by atoms with Crippen molar-refractivity contribution in [3.63, 3.8) is 0 Å². The molecule has 0 aliphatic heterocycles. The maximum Gasteiger partial charge on any atom is 0.237 e. The van der Waals surface area contributed by atoms with E-state index in [1.165, 1.54) is 23.1 Å². The van der Waals surface area contributed by atoms with Crippen molar-refractivity contribution in [2.24, 2.45) is 5.73 Å². The summed E-state index contributed by atoms with van der Waals surface area (Å²) in [6.45, 7) is 0.0129. The number of carbonyl (C=O) groups is 1. The molecule has 4 rings (SSSR count). The number of thioether (sulfide) groups is 1. The van der Waals surface area contributed by atoms with Gasteiger partial charge >= 0.3 is 0 Å². The van der Waals surface area contributed by atoms with Gasteiger partial charge in [-0.1, -0.05) is 23.0 Å². The van der Waals surface area contributed by atoms with Crippen LogP contribution in [-0.4, -0.2) is 25.8 Å². The number of aromatic nitrogens is 4. The molecule has 0 atom stereocenters. The number of rotatable bonds is 7. The monoisotopic (exact) mass is 387 g/mol. The van der Waals surface area contributed by atoms with Crippen molar-refractivity contribution in [3.05, 3.63) is 47.7 Å². The molecule has 8 nitrogen and oxygen atoms in total. The van der Waals surface area contributed by atoms with Crippen molar-refractivity contribution in [1.29, 1.82) is 0 Å². The van der Waals surface area contributed by atoms with Gasteiger partial charge in [0.2, 0.25) is 11.7 Å². The molecular formula is C16H13N5O3S2. The normalized spacial score (nSPS) is 11.1. The van der Waals surface area contributed by atoms with Crippen LogP contribution in [0.15, 0.2) is 56.1 Å². The van der Waals surface area contributed by atoms with E-state index in [0.717, 1.165) is 10.6 Å². The predicted octanol–water partition coefficient (Wildman–Crippen LogP) is 3.03. The second-order valence-electron chi connectivity index (χ2n) is 5.28. The Hall–Kier alpha value is -2.85. The minimum Gasteiger partial charge on any atom is -0.461 e. The fourth-order valence-corrected chi connectivity index (χ4v) is 3.87. The molecule has 0 saturated carbocycles. The topological polar surface area (TPSA) is 113 Å². The first-order valence-electron chi connectivity index (χ1n) is 7.58. The van der Waals surface area contributed by atoms with Gasteiger partial charge in [0.15, 0.2) is 16.7 Å². The summed E-state index contributed by atoms with van der Waals surface area (Å²) in [5.41, 5.74) is 6.11. The second kappa shape index (κ2) is 7.18. The van der Waals surface area contributed by atoms with E-state index in [9.17, 15) is 4.79 Å². The van der Waals surface area contributed by atoms with E-state index in [1.807, 2.05) is 17.5 Å². The summed E-state index contributed by atoms with van der Waals surface area (Å²) in [7, 11) is 0. The summed E-state index contributed by atoms with van der Waals surface area (Å²) >= 11 is 2.93. The zero-order chi connectivity index (χ0) is 17.9. The van der Waals surface area contributed by atoms with E-state index < -0.39 is 5.91 Å². The van der Waals surface area contributed by atoms with Crippen LogP contribution in [0.25, 0.3) is 22.2 Å². The molecule has 0 radical (unpaired) electrons. The summed E-state index contributed by atoms with van der Waals surface area (Å²) in [6.07, 6.45) is 1.57. The van der Waals surface area contributed by atoms with Gasteiger partial charge in [-0.25, -0.2) is 0 Å². The van der Waals surface area contributed by atoms with Crippen molar-refractivity contribution in [2.75, 3.05) is 0 Å². The van der Waals surface area contributed by atoms with E-state index in [1.54, 1.807) is 29.0 Å². The minimum atomic E-state index is -0.453. The van der Waals surface area contributed by atoms with Gasteiger partial charge in [-0.3, -0.25) is 9.36 Å². The SMILES string of the molecule is NC(=O)Cn1c(SCc2cc(-c3ccco3)on2)nnc1-c1cccs1. The van der Waals surface area contributed by atoms with Gasteiger partial charge in [0.25, 0.3) is 0 Å². The summed E-state index contributed by atoms with van der Waals surface area (Å²) < 4.78 is 12.3. The first kappa shape index (κ1) is 16.6. The number of thiophene rings is 1. The number of nitrogens with two attached hydrogens (primary N) is 1. The van der Waals surface area contributed by atoms with Crippen LogP contribution in [0.1, 0.15) is 5.69 Å². The smallest absolute Gasteiger partial charge is 0.237 e. The predicted molar refractivity (Wildman–Crippen MR) is 96.3 cm³/mol. The van der Waals surface area contributed by atoms with E-state index in [-0.39, 0.29) is 6.54 Å². The molecular weight excluding hydrogens is 374 g/mol. The lowest BCUT2D eigenvalue weighted by atomic mass is 10.3. The number of furan rings is 1. The molecule has 1 amide bonds. The van der Waals surface area contributed by atoms with Crippen molar-refractivity contribution in [2.45, 2.75) is 17.5 Å². The highest BCUT2D eigenvalue weighted by atomic mass is 32.2. The molecule has 4 heterocycles. The average molecular weight is 387 g/mol. The minimum absolute atomic E-state index is 0.0129. The molecule has 0 spiro atoms. The molecule has 0 unspecified atom stereocenters. The molecule has 0 fully saturated rings. The van der Waals surface area contributed by atoms with Gasteiger partial charge in [0.1, 0.15) is 6.54 Å². The zero-order valence-corrected chi connectivity index (χ0v) is 15.0. The van der Waals surface area contributed by atoms with Crippen LogP contribution in [0.2, 0.25) is 0 Å². The highest BCUT2D eigenvalue weighted by molar-refractivity contribution is 7.98. The van der Waals surface area contributed by atoms with Gasteiger partial charge in [0, 0.05) is 11.8 Å². The maximum atomic E-state index is 11.5. The molecule has 0 bridgehead atoms. The fourth-order valence-electron chi connectivity index (χ4n) is 2.34. The van der Waals surface area contributed by atoms with Crippen molar-refractivity contribution in [3.8, 4) is 22.2 Å². The van der Waals surface area contributed by atoms with Crippen molar-refractivity contribution >= 4 is 29.0 Å². The lowest BCUT2D eigenvalue weighted by Gasteiger charge is -2.06. The number of carbonyl (C=O) groups excluding carboxylic acids is 1. The van der Waals surface area contributed by atoms with Crippen LogP contribution in [-0.2, 0) is 17.1 Å². The number of hydrogen-bond acceptors (Lipinski definition) is 8. The van der Waals surface area contributed by atoms with E-state index >= 15 is 0 Å². The Kier molecular flexibility index (Phi) is 4.59. The molecule has 10 heteroatoms. The Bertz CT molecular complexity index is 1000. The number of hydrogen-bond donors (Lipinski definition) is 1. The number of amides is 1. The Morgan fingerprint density at radius 3 is 2.92 bits per heavy atom. The van der Waals surface area contributed by atoms with Gasteiger partial charge < -0.3 is 14.7 Å². The molecule has 0 saturated heterocycles. The van der Waals surface area contributed by atoms with E-state index in [4.69, 9.17) is 14.7 Å². The Morgan fingerprint density at radius 1 is 1.27 bits per heavy atom. The van der Waals surface area contributed by atoms with Gasteiger partial charge in [-0.2, -0.15) is 0 Å². The van der Waals surface area contributed by atoms with Crippen LogP contribution in [0.4, 0.5) is 0 Å². The third kappa shape index (κ3) is 3.41. The van der Waals surface area contributed by atoms with Gasteiger partial charge in [-0.05, 0) is 23.6 Å². The fraction of sp³-hybridized carbons (Fsp3) is 0.125. The highest BCUT2D eigenvalue weighted by Crippen LogP contribution is 2.29. The van der Waals surface area contributed by atoms with Crippen LogP contribution in [0.5, 0.6) is 0 Å². The largest absolute Gasteiger partial charge is 0.461 e. The first-order valence-corrected chi connectivity index (χ1v) is 9.45. The molecule has 26 heavy (non-hydrogen) atoms. The third-order valence-corrected chi connectivity index (χ3v) is 5.31. The molecule has 0 aliphatic rings. The molecule has 2 N–H and O–H groups in total. The summed E-state index contributed by atoms with van der Waals surface area (Å²) in [5.74, 6) is 1.85. The quantitative estimate of drug-likeness (QED) is 0.485. The van der Waals surface area contributed by atoms with Crippen molar-refractivity contribution < 1.29 is 13.7 Å². The lowest BCUT2D eigenvalue weighted by molar-refractivity contribution is -0.118. The lowest BCUT2D eigenvalue weighted by Crippen LogP contribution is -2.19. The van der Waals surface area contributed by atoms with E-state index in [0.29, 0.717) is 28.3 Å². The van der Waals surface area contributed by atoms with Crippen LogP contribution >= 0.6 is 23.1 Å². The Balaban J connectivity index is 1.54. The van der Waals surface area contributed by atoms with Gasteiger partial charge in [0.05, 0.1) is 16.8 Å². The van der Waals surface area contributed by atoms with Crippen LogP contribution in [0.3, 0.4) is 0 Å². The number of nitrogens with zero attached hydrogens (tertiary/aromatic N) is 4. The molecule has 4 aromatic heterocycles. The Morgan fingerprint density at radius 2 is 2.19 bits per heavy atom. The summed E-state index contributed by atoms with van der Waals surface area (Å²) in [6, 6.07) is 9.23. The average Bonchev–Trinajstić information content (AvgIpc) is 3.38. The molecule has 4 aromatic rings. The second-order valence-corrected chi connectivity index (χ2v) is 7.17. The molecule has 0 aromatic carbocycles. The Labute approximate surface area is 156 Å². The first-order chi connectivity index (χ1) is 12.7.